The summed E-state index contributed by atoms with van der Waals surface area (Å²) in [4.78, 5) is 0. The van der Waals surface area contributed by atoms with Gasteiger partial charge in [0.25, 0.3) is 0 Å². The Balaban J connectivity index is 1.98. The second kappa shape index (κ2) is 6.17. The Morgan fingerprint density at radius 1 is 1.16 bits per heavy atom. The molecule has 2 aromatic rings. The number of hydrogen-bond donors (Lipinski definition) is 1. The Morgan fingerprint density at radius 2 is 1.89 bits per heavy atom. The monoisotopic (exact) mass is 250 g/mol. The van der Waals surface area contributed by atoms with E-state index in [4.69, 9.17) is 5.26 Å². The maximum Gasteiger partial charge on any atom is 0.0991 e. The molecule has 0 saturated heterocycles. The van der Waals surface area contributed by atoms with E-state index in [1.807, 2.05) is 24.3 Å². The zero-order valence-electron chi connectivity index (χ0n) is 11.4. The van der Waals surface area contributed by atoms with Crippen LogP contribution in [0.4, 0.5) is 0 Å². The molecule has 0 heterocycles. The maximum absolute atomic E-state index is 8.87. The smallest absolute Gasteiger partial charge is 0.0991 e. The van der Waals surface area contributed by atoms with Crippen molar-refractivity contribution in [2.24, 2.45) is 0 Å². The second-order valence-corrected chi connectivity index (χ2v) is 4.83. The van der Waals surface area contributed by atoms with Crippen LogP contribution in [0.2, 0.25) is 0 Å². The number of nitrogens with one attached hydrogen (secondary N) is 1. The van der Waals surface area contributed by atoms with Gasteiger partial charge in [-0.3, -0.25) is 0 Å². The molecule has 0 bridgehead atoms. The second-order valence-electron chi connectivity index (χ2n) is 4.83. The number of nitrogens with zero attached hydrogens (tertiary/aromatic N) is 1. The minimum Gasteiger partial charge on any atom is -0.306 e. The van der Waals surface area contributed by atoms with Crippen LogP contribution in [-0.2, 0) is 6.54 Å². The molecule has 0 aromatic heterocycles. The van der Waals surface area contributed by atoms with Crippen molar-refractivity contribution in [1.82, 2.24) is 5.32 Å². The molecule has 96 valence electrons. The fourth-order valence-electron chi connectivity index (χ4n) is 1.99. The maximum atomic E-state index is 8.87. The Kier molecular flexibility index (Phi) is 4.33. The molecule has 0 aliphatic rings. The van der Waals surface area contributed by atoms with Gasteiger partial charge in [-0.1, -0.05) is 42.0 Å². The molecular formula is C17H18N2. The molecule has 0 fully saturated rings. The number of hydrogen-bond acceptors (Lipinski definition) is 2. The van der Waals surface area contributed by atoms with E-state index in [1.165, 1.54) is 11.1 Å². The first-order chi connectivity index (χ1) is 9.19. The highest BCUT2D eigenvalue weighted by molar-refractivity contribution is 5.32. The molecular weight excluding hydrogens is 232 g/mol. The summed E-state index contributed by atoms with van der Waals surface area (Å²) in [5, 5.41) is 12.3. The number of rotatable bonds is 4. The van der Waals surface area contributed by atoms with Crippen LogP contribution >= 0.6 is 0 Å². The zero-order valence-corrected chi connectivity index (χ0v) is 11.4. The van der Waals surface area contributed by atoms with Crippen molar-refractivity contribution in [2.75, 3.05) is 0 Å². The lowest BCUT2D eigenvalue weighted by Crippen LogP contribution is -2.18. The molecule has 0 unspecified atom stereocenters. The van der Waals surface area contributed by atoms with Gasteiger partial charge in [0.05, 0.1) is 11.6 Å². The normalized spacial score (nSPS) is 11.8. The van der Waals surface area contributed by atoms with Crippen LogP contribution in [-0.4, -0.2) is 0 Å². The highest BCUT2D eigenvalue weighted by atomic mass is 14.9. The number of nitriles is 1. The summed E-state index contributed by atoms with van der Waals surface area (Å²) in [6, 6.07) is 18.7. The van der Waals surface area contributed by atoms with Crippen molar-refractivity contribution < 1.29 is 0 Å². The summed E-state index contributed by atoms with van der Waals surface area (Å²) in [7, 11) is 0. The minimum absolute atomic E-state index is 0.298. The zero-order chi connectivity index (χ0) is 13.7. The third kappa shape index (κ3) is 3.67. The molecule has 0 saturated carbocycles. The number of aryl methyl sites for hydroxylation is 1. The quantitative estimate of drug-likeness (QED) is 0.897. The van der Waals surface area contributed by atoms with Crippen molar-refractivity contribution in [3.63, 3.8) is 0 Å². The van der Waals surface area contributed by atoms with E-state index < -0.39 is 0 Å². The third-order valence-corrected chi connectivity index (χ3v) is 3.25. The van der Waals surface area contributed by atoms with E-state index >= 15 is 0 Å². The van der Waals surface area contributed by atoms with Gasteiger partial charge in [0.2, 0.25) is 0 Å². The summed E-state index contributed by atoms with van der Waals surface area (Å²) < 4.78 is 0. The molecule has 2 aromatic carbocycles. The molecule has 2 heteroatoms. The van der Waals surface area contributed by atoms with Gasteiger partial charge >= 0.3 is 0 Å². The van der Waals surface area contributed by atoms with Crippen LogP contribution in [0.25, 0.3) is 0 Å². The minimum atomic E-state index is 0.298. The predicted molar refractivity (Wildman–Crippen MR) is 77.6 cm³/mol. The fraction of sp³-hybridized carbons (Fsp3) is 0.235. The first-order valence-electron chi connectivity index (χ1n) is 6.48. The highest BCUT2D eigenvalue weighted by Gasteiger charge is 2.04. The van der Waals surface area contributed by atoms with Crippen LogP contribution in [0.5, 0.6) is 0 Å². The third-order valence-electron chi connectivity index (χ3n) is 3.25. The molecule has 1 atom stereocenters. The van der Waals surface area contributed by atoms with Gasteiger partial charge in [0, 0.05) is 12.6 Å². The summed E-state index contributed by atoms with van der Waals surface area (Å²) in [6.45, 7) is 5.01. The molecule has 0 aliphatic heterocycles. The van der Waals surface area contributed by atoms with Gasteiger partial charge in [-0.05, 0) is 37.1 Å². The molecule has 1 N–H and O–H groups in total. The highest BCUT2D eigenvalue weighted by Crippen LogP contribution is 2.14. The predicted octanol–water partition coefficient (Wildman–Crippen LogP) is 3.72. The number of benzene rings is 2. The molecule has 0 radical (unpaired) electrons. The van der Waals surface area contributed by atoms with E-state index in [0.29, 0.717) is 11.6 Å². The Bertz CT molecular complexity index is 579. The van der Waals surface area contributed by atoms with Gasteiger partial charge in [0.15, 0.2) is 0 Å². The van der Waals surface area contributed by atoms with Crippen LogP contribution in [0.1, 0.15) is 35.2 Å². The Hall–Kier alpha value is -2.11. The van der Waals surface area contributed by atoms with Gasteiger partial charge < -0.3 is 5.32 Å². The van der Waals surface area contributed by atoms with Gasteiger partial charge in [-0.2, -0.15) is 5.26 Å². The average molecular weight is 250 g/mol. The lowest BCUT2D eigenvalue weighted by molar-refractivity contribution is 0.574. The molecule has 2 rings (SSSR count). The first kappa shape index (κ1) is 13.3. The van der Waals surface area contributed by atoms with Crippen molar-refractivity contribution in [3.05, 3.63) is 70.8 Å². The van der Waals surface area contributed by atoms with Crippen molar-refractivity contribution in [3.8, 4) is 6.07 Å². The van der Waals surface area contributed by atoms with E-state index in [2.05, 4.69) is 49.5 Å². The van der Waals surface area contributed by atoms with Gasteiger partial charge in [0.1, 0.15) is 0 Å². The van der Waals surface area contributed by atoms with E-state index in [-0.39, 0.29) is 0 Å². The SMILES string of the molecule is Cc1ccc([C@@H](C)NCc2cccc(C#N)c2)cc1. The summed E-state index contributed by atoms with van der Waals surface area (Å²) in [5.41, 5.74) is 4.40. The fourth-order valence-corrected chi connectivity index (χ4v) is 1.99. The lowest BCUT2D eigenvalue weighted by atomic mass is 10.1. The standard InChI is InChI=1S/C17H18N2/c1-13-6-8-17(9-7-13)14(2)19-12-16-5-3-4-15(10-16)11-18/h3-10,14,19H,12H2,1-2H3/t14-/m1/s1. The largest absolute Gasteiger partial charge is 0.306 e. The lowest BCUT2D eigenvalue weighted by Gasteiger charge is -2.14. The van der Waals surface area contributed by atoms with Crippen LogP contribution in [0.15, 0.2) is 48.5 Å². The van der Waals surface area contributed by atoms with Crippen molar-refractivity contribution in [2.45, 2.75) is 26.4 Å². The van der Waals surface area contributed by atoms with Crippen LogP contribution < -0.4 is 5.32 Å². The molecule has 0 spiro atoms. The molecule has 0 aliphatic carbocycles. The summed E-state index contributed by atoms with van der Waals surface area (Å²) >= 11 is 0. The average Bonchev–Trinajstić information content (AvgIpc) is 2.46. The van der Waals surface area contributed by atoms with Crippen LogP contribution in [0.3, 0.4) is 0 Å². The van der Waals surface area contributed by atoms with Crippen LogP contribution in [0, 0.1) is 18.3 Å². The molecule has 0 amide bonds. The Morgan fingerprint density at radius 3 is 2.58 bits per heavy atom. The van der Waals surface area contributed by atoms with E-state index in [0.717, 1.165) is 12.1 Å². The summed E-state index contributed by atoms with van der Waals surface area (Å²) in [5.74, 6) is 0. The molecule has 2 nitrogen and oxygen atoms in total. The first-order valence-corrected chi connectivity index (χ1v) is 6.48. The van der Waals surface area contributed by atoms with E-state index in [9.17, 15) is 0 Å². The van der Waals surface area contributed by atoms with Crippen molar-refractivity contribution >= 4 is 0 Å². The molecule has 19 heavy (non-hydrogen) atoms. The Labute approximate surface area is 114 Å². The van der Waals surface area contributed by atoms with Gasteiger partial charge in [-0.15, -0.1) is 0 Å². The topological polar surface area (TPSA) is 35.8 Å². The van der Waals surface area contributed by atoms with Crippen molar-refractivity contribution in [1.29, 1.82) is 5.26 Å². The summed E-state index contributed by atoms with van der Waals surface area (Å²) in [6.07, 6.45) is 0. The van der Waals surface area contributed by atoms with E-state index in [1.54, 1.807) is 0 Å². The van der Waals surface area contributed by atoms with Gasteiger partial charge in [-0.25, -0.2) is 0 Å².